The SMILES string of the molecule is Cc1ccc(NCCCNC(=O)c2cn[nH]c2)nc1. The summed E-state index contributed by atoms with van der Waals surface area (Å²) in [6, 6.07) is 3.95. The monoisotopic (exact) mass is 259 g/mol. The van der Waals surface area contributed by atoms with Gasteiger partial charge in [-0.15, -0.1) is 0 Å². The number of amides is 1. The molecule has 0 saturated carbocycles. The van der Waals surface area contributed by atoms with Crippen LogP contribution >= 0.6 is 0 Å². The van der Waals surface area contributed by atoms with E-state index in [0.29, 0.717) is 12.1 Å². The number of rotatable bonds is 6. The van der Waals surface area contributed by atoms with Crippen LogP contribution in [0.25, 0.3) is 0 Å². The van der Waals surface area contributed by atoms with Crippen molar-refractivity contribution in [3.05, 3.63) is 41.9 Å². The quantitative estimate of drug-likeness (QED) is 0.684. The van der Waals surface area contributed by atoms with E-state index in [1.54, 1.807) is 6.20 Å². The average molecular weight is 259 g/mol. The third kappa shape index (κ3) is 4.09. The number of aromatic nitrogens is 3. The minimum atomic E-state index is -0.109. The van der Waals surface area contributed by atoms with Crippen LogP contribution in [-0.4, -0.2) is 34.2 Å². The van der Waals surface area contributed by atoms with Gasteiger partial charge in [0, 0.05) is 25.5 Å². The molecule has 0 aliphatic carbocycles. The van der Waals surface area contributed by atoms with Crippen molar-refractivity contribution in [2.45, 2.75) is 13.3 Å². The van der Waals surface area contributed by atoms with Crippen LogP contribution in [0, 0.1) is 6.92 Å². The maximum absolute atomic E-state index is 11.6. The number of carbonyl (C=O) groups excluding carboxylic acids is 1. The molecule has 0 atom stereocenters. The second kappa shape index (κ2) is 6.53. The predicted molar refractivity (Wildman–Crippen MR) is 73.0 cm³/mol. The van der Waals surface area contributed by atoms with E-state index in [2.05, 4.69) is 25.8 Å². The number of aromatic amines is 1. The highest BCUT2D eigenvalue weighted by Crippen LogP contribution is 2.03. The Bertz CT molecular complexity index is 506. The van der Waals surface area contributed by atoms with E-state index in [1.807, 2.05) is 25.3 Å². The number of nitrogens with one attached hydrogen (secondary N) is 3. The summed E-state index contributed by atoms with van der Waals surface area (Å²) in [7, 11) is 0. The maximum atomic E-state index is 11.6. The maximum Gasteiger partial charge on any atom is 0.254 e. The molecular weight excluding hydrogens is 242 g/mol. The van der Waals surface area contributed by atoms with Gasteiger partial charge in [-0.1, -0.05) is 6.07 Å². The molecule has 2 heterocycles. The van der Waals surface area contributed by atoms with E-state index in [-0.39, 0.29) is 5.91 Å². The van der Waals surface area contributed by atoms with Gasteiger partial charge in [-0.25, -0.2) is 4.98 Å². The zero-order valence-corrected chi connectivity index (χ0v) is 10.8. The fourth-order valence-corrected chi connectivity index (χ4v) is 1.56. The first-order valence-electron chi connectivity index (χ1n) is 6.19. The minimum absolute atomic E-state index is 0.109. The van der Waals surface area contributed by atoms with Crippen molar-refractivity contribution in [2.24, 2.45) is 0 Å². The molecule has 1 amide bonds. The van der Waals surface area contributed by atoms with Crippen molar-refractivity contribution < 1.29 is 4.79 Å². The summed E-state index contributed by atoms with van der Waals surface area (Å²) in [5.74, 6) is 0.744. The van der Waals surface area contributed by atoms with Crippen LogP contribution < -0.4 is 10.6 Å². The molecule has 2 aromatic heterocycles. The largest absolute Gasteiger partial charge is 0.370 e. The zero-order valence-electron chi connectivity index (χ0n) is 10.8. The normalized spacial score (nSPS) is 10.2. The third-order valence-electron chi connectivity index (χ3n) is 2.62. The van der Waals surface area contributed by atoms with Gasteiger partial charge in [0.05, 0.1) is 11.8 Å². The van der Waals surface area contributed by atoms with Crippen LogP contribution in [0.1, 0.15) is 22.3 Å². The van der Waals surface area contributed by atoms with Gasteiger partial charge in [0.25, 0.3) is 5.91 Å². The lowest BCUT2D eigenvalue weighted by Gasteiger charge is -2.06. The topological polar surface area (TPSA) is 82.7 Å². The molecular formula is C13H17N5O. The molecule has 100 valence electrons. The van der Waals surface area contributed by atoms with Crippen molar-refractivity contribution >= 4 is 11.7 Å². The van der Waals surface area contributed by atoms with Gasteiger partial charge in [0.2, 0.25) is 0 Å². The average Bonchev–Trinajstić information content (AvgIpc) is 2.94. The molecule has 0 aliphatic rings. The molecule has 0 aromatic carbocycles. The Hall–Kier alpha value is -2.37. The first-order chi connectivity index (χ1) is 9.25. The van der Waals surface area contributed by atoms with E-state index >= 15 is 0 Å². The summed E-state index contributed by atoms with van der Waals surface area (Å²) in [6.07, 6.45) is 5.73. The van der Waals surface area contributed by atoms with Gasteiger partial charge in [0.15, 0.2) is 0 Å². The summed E-state index contributed by atoms with van der Waals surface area (Å²) >= 11 is 0. The zero-order chi connectivity index (χ0) is 13.5. The van der Waals surface area contributed by atoms with E-state index in [1.165, 1.54) is 6.20 Å². The fraction of sp³-hybridized carbons (Fsp3) is 0.308. The van der Waals surface area contributed by atoms with Crippen LogP contribution in [0.4, 0.5) is 5.82 Å². The Morgan fingerprint density at radius 1 is 1.32 bits per heavy atom. The van der Waals surface area contributed by atoms with Gasteiger partial charge in [-0.3, -0.25) is 9.89 Å². The molecule has 0 aliphatic heterocycles. The van der Waals surface area contributed by atoms with Gasteiger partial charge in [-0.05, 0) is 25.0 Å². The van der Waals surface area contributed by atoms with Crippen molar-refractivity contribution in [1.82, 2.24) is 20.5 Å². The number of hydrogen-bond acceptors (Lipinski definition) is 4. The summed E-state index contributed by atoms with van der Waals surface area (Å²) < 4.78 is 0. The molecule has 0 radical (unpaired) electrons. The van der Waals surface area contributed by atoms with Crippen molar-refractivity contribution in [3.8, 4) is 0 Å². The Balaban J connectivity index is 1.62. The highest BCUT2D eigenvalue weighted by molar-refractivity contribution is 5.93. The molecule has 0 spiro atoms. The number of H-pyrrole nitrogens is 1. The second-order valence-electron chi connectivity index (χ2n) is 4.24. The Morgan fingerprint density at radius 2 is 2.21 bits per heavy atom. The molecule has 19 heavy (non-hydrogen) atoms. The van der Waals surface area contributed by atoms with E-state index in [9.17, 15) is 4.79 Å². The lowest BCUT2D eigenvalue weighted by molar-refractivity contribution is 0.0953. The molecule has 3 N–H and O–H groups in total. The molecule has 0 saturated heterocycles. The highest BCUT2D eigenvalue weighted by atomic mass is 16.1. The van der Waals surface area contributed by atoms with E-state index in [0.717, 1.165) is 24.3 Å². The number of aryl methyl sites for hydroxylation is 1. The van der Waals surface area contributed by atoms with Gasteiger partial charge in [-0.2, -0.15) is 5.10 Å². The molecule has 0 bridgehead atoms. The van der Waals surface area contributed by atoms with Crippen LogP contribution in [0.2, 0.25) is 0 Å². The molecule has 2 rings (SSSR count). The number of pyridine rings is 1. The smallest absolute Gasteiger partial charge is 0.254 e. The van der Waals surface area contributed by atoms with Gasteiger partial charge >= 0.3 is 0 Å². The van der Waals surface area contributed by atoms with Crippen LogP contribution in [0.3, 0.4) is 0 Å². The molecule has 6 nitrogen and oxygen atoms in total. The van der Waals surface area contributed by atoms with Crippen LogP contribution in [-0.2, 0) is 0 Å². The molecule has 0 fully saturated rings. The standard InChI is InChI=1S/C13H17N5O/c1-10-3-4-12(16-7-10)14-5-2-6-15-13(19)11-8-17-18-9-11/h3-4,7-9H,2,5-6H2,1H3,(H,14,16)(H,15,19)(H,17,18). The van der Waals surface area contributed by atoms with Crippen molar-refractivity contribution in [2.75, 3.05) is 18.4 Å². The molecule has 6 heteroatoms. The number of nitrogens with zero attached hydrogens (tertiary/aromatic N) is 2. The summed E-state index contributed by atoms with van der Waals surface area (Å²) in [6.45, 7) is 3.38. The molecule has 0 unspecified atom stereocenters. The summed E-state index contributed by atoms with van der Waals surface area (Å²) in [5.41, 5.74) is 1.69. The number of carbonyl (C=O) groups is 1. The molecule has 2 aromatic rings. The van der Waals surface area contributed by atoms with E-state index in [4.69, 9.17) is 0 Å². The Kier molecular flexibility index (Phi) is 4.49. The number of hydrogen-bond donors (Lipinski definition) is 3. The predicted octanol–water partition coefficient (Wildman–Crippen LogP) is 1.35. The first-order valence-corrected chi connectivity index (χ1v) is 6.19. The summed E-state index contributed by atoms with van der Waals surface area (Å²) in [4.78, 5) is 15.8. The second-order valence-corrected chi connectivity index (χ2v) is 4.24. The fourth-order valence-electron chi connectivity index (χ4n) is 1.56. The Labute approximate surface area is 111 Å². The first kappa shape index (κ1) is 13.1. The minimum Gasteiger partial charge on any atom is -0.370 e. The number of anilines is 1. The van der Waals surface area contributed by atoms with Crippen LogP contribution in [0.15, 0.2) is 30.7 Å². The van der Waals surface area contributed by atoms with Crippen molar-refractivity contribution in [1.29, 1.82) is 0 Å². The summed E-state index contributed by atoms with van der Waals surface area (Å²) in [5, 5.41) is 12.4. The highest BCUT2D eigenvalue weighted by Gasteiger charge is 2.04. The lowest BCUT2D eigenvalue weighted by Crippen LogP contribution is -2.25. The third-order valence-corrected chi connectivity index (χ3v) is 2.62. The van der Waals surface area contributed by atoms with Crippen LogP contribution in [0.5, 0.6) is 0 Å². The Morgan fingerprint density at radius 3 is 2.89 bits per heavy atom. The van der Waals surface area contributed by atoms with E-state index < -0.39 is 0 Å². The van der Waals surface area contributed by atoms with Crippen molar-refractivity contribution in [3.63, 3.8) is 0 Å². The van der Waals surface area contributed by atoms with Gasteiger partial charge < -0.3 is 10.6 Å². The van der Waals surface area contributed by atoms with Gasteiger partial charge in [0.1, 0.15) is 5.82 Å². The lowest BCUT2D eigenvalue weighted by atomic mass is 10.3.